The van der Waals surface area contributed by atoms with E-state index in [0.29, 0.717) is 5.56 Å². The summed E-state index contributed by atoms with van der Waals surface area (Å²) < 4.78 is 66.0. The molecule has 27 heavy (non-hydrogen) atoms. The summed E-state index contributed by atoms with van der Waals surface area (Å²) in [5, 5.41) is 0. The predicted octanol–water partition coefficient (Wildman–Crippen LogP) is 4.42. The summed E-state index contributed by atoms with van der Waals surface area (Å²) in [5.74, 6) is -0.498. The summed E-state index contributed by atoms with van der Waals surface area (Å²) in [4.78, 5) is 3.59. The van der Waals surface area contributed by atoms with Gasteiger partial charge in [-0.05, 0) is 39.3 Å². The van der Waals surface area contributed by atoms with Gasteiger partial charge < -0.3 is 13.9 Å². The number of nitrogens with zero attached hydrogens (tertiary/aromatic N) is 2. The molecule has 0 bridgehead atoms. The van der Waals surface area contributed by atoms with Gasteiger partial charge in [-0.15, -0.1) is 0 Å². The first kappa shape index (κ1) is 19.9. The van der Waals surface area contributed by atoms with Gasteiger partial charge >= 0.3 is 13.3 Å². The minimum atomic E-state index is -4.55. The normalized spacial score (nSPS) is 18.9. The van der Waals surface area contributed by atoms with Gasteiger partial charge in [-0.2, -0.15) is 13.2 Å². The first-order valence-corrected chi connectivity index (χ1v) is 8.55. The van der Waals surface area contributed by atoms with Crippen LogP contribution in [-0.2, 0) is 28.9 Å². The summed E-state index contributed by atoms with van der Waals surface area (Å²) in [6.45, 7) is 7.63. The van der Waals surface area contributed by atoms with Crippen LogP contribution in [0.1, 0.15) is 39.0 Å². The van der Waals surface area contributed by atoms with Crippen molar-refractivity contribution in [3.8, 4) is 11.4 Å². The van der Waals surface area contributed by atoms with Crippen molar-refractivity contribution in [3.63, 3.8) is 0 Å². The molecule has 0 atom stereocenters. The third kappa shape index (κ3) is 3.75. The monoisotopic (exact) mass is 384 g/mol. The SMILES string of the molecule is Cn1cc(C(F)(F)F)nc1-c1ccc(CB2OC(C)(C)C(C)(C)O2)c(F)c1. The van der Waals surface area contributed by atoms with E-state index in [0.717, 1.165) is 6.20 Å². The van der Waals surface area contributed by atoms with E-state index in [1.165, 1.54) is 23.7 Å². The highest BCUT2D eigenvalue weighted by Crippen LogP contribution is 2.38. The highest BCUT2D eigenvalue weighted by atomic mass is 19.4. The number of rotatable bonds is 3. The van der Waals surface area contributed by atoms with Crippen molar-refractivity contribution in [1.82, 2.24) is 9.55 Å². The first-order chi connectivity index (χ1) is 12.3. The van der Waals surface area contributed by atoms with Crippen molar-refractivity contribution < 1.29 is 26.9 Å². The Morgan fingerprint density at radius 3 is 2.19 bits per heavy atom. The zero-order valence-electron chi connectivity index (χ0n) is 15.8. The molecule has 1 aromatic heterocycles. The van der Waals surface area contributed by atoms with Gasteiger partial charge in [0.1, 0.15) is 11.6 Å². The zero-order chi connectivity index (χ0) is 20.2. The summed E-state index contributed by atoms with van der Waals surface area (Å²) in [5.41, 5.74) is -1.42. The van der Waals surface area contributed by atoms with Gasteiger partial charge in [0.2, 0.25) is 0 Å². The standard InChI is InChI=1S/C18H21BF4N2O2/c1-16(2)17(3,4)27-19(26-16)9-12-7-6-11(8-13(12)20)15-24-14(10-25(15)5)18(21,22)23/h6-8,10H,9H2,1-5H3. The molecule has 0 unspecified atom stereocenters. The molecule has 1 aliphatic rings. The van der Waals surface area contributed by atoms with Crippen LogP contribution in [0.3, 0.4) is 0 Å². The van der Waals surface area contributed by atoms with Crippen molar-refractivity contribution in [2.24, 2.45) is 7.05 Å². The maximum Gasteiger partial charge on any atom is 0.462 e. The lowest BCUT2D eigenvalue weighted by Gasteiger charge is -2.32. The van der Waals surface area contributed by atoms with E-state index in [1.807, 2.05) is 27.7 Å². The Morgan fingerprint density at radius 1 is 1.11 bits per heavy atom. The number of aryl methyl sites for hydroxylation is 1. The molecular weight excluding hydrogens is 363 g/mol. The Kier molecular flexibility index (Phi) is 4.67. The number of alkyl halides is 3. The second kappa shape index (κ2) is 6.34. The zero-order valence-corrected chi connectivity index (χ0v) is 15.8. The Labute approximate surface area is 155 Å². The minimum Gasteiger partial charge on any atom is -0.403 e. The molecule has 9 heteroatoms. The lowest BCUT2D eigenvalue weighted by Crippen LogP contribution is -2.41. The van der Waals surface area contributed by atoms with Gasteiger partial charge in [0, 0.05) is 25.1 Å². The van der Waals surface area contributed by atoms with Crippen molar-refractivity contribution in [1.29, 1.82) is 0 Å². The highest BCUT2D eigenvalue weighted by molar-refractivity contribution is 6.45. The Hall–Kier alpha value is -1.87. The lowest BCUT2D eigenvalue weighted by molar-refractivity contribution is -0.140. The molecule has 2 aromatic rings. The largest absolute Gasteiger partial charge is 0.462 e. The molecule has 0 N–H and O–H groups in total. The Bertz CT molecular complexity index is 846. The molecule has 146 valence electrons. The molecule has 1 aliphatic heterocycles. The Balaban J connectivity index is 1.82. The molecule has 2 heterocycles. The van der Waals surface area contributed by atoms with E-state index >= 15 is 0 Å². The number of aromatic nitrogens is 2. The van der Waals surface area contributed by atoms with Crippen molar-refractivity contribution in [3.05, 3.63) is 41.5 Å². The van der Waals surface area contributed by atoms with Gasteiger partial charge in [0.15, 0.2) is 5.69 Å². The van der Waals surface area contributed by atoms with E-state index in [9.17, 15) is 17.6 Å². The fraction of sp³-hybridized carbons (Fsp3) is 0.500. The molecule has 3 rings (SSSR count). The third-order valence-electron chi connectivity index (χ3n) is 5.17. The summed E-state index contributed by atoms with van der Waals surface area (Å²) >= 11 is 0. The summed E-state index contributed by atoms with van der Waals surface area (Å²) in [6, 6.07) is 4.26. The van der Waals surface area contributed by atoms with Crippen LogP contribution in [0.4, 0.5) is 17.6 Å². The fourth-order valence-electron chi connectivity index (χ4n) is 2.95. The molecular formula is C18H21BF4N2O2. The second-order valence-corrected chi connectivity index (χ2v) is 7.75. The molecule has 0 amide bonds. The average molecular weight is 384 g/mol. The van der Waals surface area contributed by atoms with Crippen molar-refractivity contribution >= 4 is 7.12 Å². The Morgan fingerprint density at radius 2 is 1.70 bits per heavy atom. The average Bonchev–Trinajstić information content (AvgIpc) is 2.98. The van der Waals surface area contributed by atoms with E-state index in [4.69, 9.17) is 9.31 Å². The molecule has 1 saturated heterocycles. The number of imidazole rings is 1. The first-order valence-electron chi connectivity index (χ1n) is 8.55. The number of hydrogen-bond acceptors (Lipinski definition) is 3. The van der Waals surface area contributed by atoms with E-state index in [1.54, 1.807) is 6.07 Å². The smallest absolute Gasteiger partial charge is 0.403 e. The quantitative estimate of drug-likeness (QED) is 0.581. The maximum atomic E-state index is 14.6. The van der Waals surface area contributed by atoms with E-state index in [-0.39, 0.29) is 17.7 Å². The van der Waals surface area contributed by atoms with Crippen LogP contribution < -0.4 is 0 Å². The molecule has 0 saturated carbocycles. The molecule has 0 spiro atoms. The lowest BCUT2D eigenvalue weighted by atomic mass is 9.80. The van der Waals surface area contributed by atoms with Gasteiger partial charge in [-0.25, -0.2) is 9.37 Å². The highest BCUT2D eigenvalue weighted by Gasteiger charge is 2.50. The fourth-order valence-corrected chi connectivity index (χ4v) is 2.95. The number of halogens is 4. The maximum absolute atomic E-state index is 14.6. The van der Waals surface area contributed by atoms with Crippen LogP contribution in [0, 0.1) is 5.82 Å². The predicted molar refractivity (Wildman–Crippen MR) is 93.4 cm³/mol. The molecule has 4 nitrogen and oxygen atoms in total. The van der Waals surface area contributed by atoms with E-state index in [2.05, 4.69) is 4.98 Å². The third-order valence-corrected chi connectivity index (χ3v) is 5.17. The van der Waals surface area contributed by atoms with Crippen LogP contribution in [-0.4, -0.2) is 27.9 Å². The second-order valence-electron chi connectivity index (χ2n) is 7.75. The van der Waals surface area contributed by atoms with Gasteiger partial charge in [-0.3, -0.25) is 0 Å². The molecule has 0 aliphatic carbocycles. The van der Waals surface area contributed by atoms with Crippen molar-refractivity contribution in [2.45, 2.75) is 51.4 Å². The van der Waals surface area contributed by atoms with Gasteiger partial charge in [0.25, 0.3) is 0 Å². The van der Waals surface area contributed by atoms with Crippen LogP contribution in [0.15, 0.2) is 24.4 Å². The minimum absolute atomic E-state index is 0.0448. The molecule has 1 fully saturated rings. The summed E-state index contributed by atoms with van der Waals surface area (Å²) in [7, 11) is 0.841. The topological polar surface area (TPSA) is 36.3 Å². The summed E-state index contributed by atoms with van der Waals surface area (Å²) in [6.07, 6.45) is -3.47. The van der Waals surface area contributed by atoms with Gasteiger partial charge in [0.05, 0.1) is 11.2 Å². The molecule has 1 aromatic carbocycles. The number of benzene rings is 1. The van der Waals surface area contributed by atoms with Crippen LogP contribution >= 0.6 is 0 Å². The van der Waals surface area contributed by atoms with Gasteiger partial charge in [-0.1, -0.05) is 12.1 Å². The van der Waals surface area contributed by atoms with Crippen LogP contribution in [0.2, 0.25) is 0 Å². The van der Waals surface area contributed by atoms with E-state index < -0.39 is 36.0 Å². The number of hydrogen-bond donors (Lipinski definition) is 0. The van der Waals surface area contributed by atoms with Crippen LogP contribution in [0.5, 0.6) is 0 Å². The van der Waals surface area contributed by atoms with Crippen molar-refractivity contribution in [2.75, 3.05) is 0 Å². The molecule has 0 radical (unpaired) electrons. The van der Waals surface area contributed by atoms with Crippen LogP contribution in [0.25, 0.3) is 11.4 Å².